The number of halogens is 1. The van der Waals surface area contributed by atoms with E-state index in [1.807, 2.05) is 30.3 Å². The Balaban J connectivity index is 0.00000242. The van der Waals surface area contributed by atoms with Crippen molar-refractivity contribution in [3.63, 3.8) is 0 Å². The molecule has 3 N–H and O–H groups in total. The van der Waals surface area contributed by atoms with Crippen LogP contribution in [0.2, 0.25) is 0 Å². The number of hydrogen-bond acceptors (Lipinski definition) is 1. The van der Waals surface area contributed by atoms with E-state index in [2.05, 4.69) is 55.3 Å². The van der Waals surface area contributed by atoms with E-state index < -0.39 is 0 Å². The first-order chi connectivity index (χ1) is 9.95. The Hall–Kier alpha value is -1.56. The minimum Gasteiger partial charge on any atom is -0.370 e. The molecule has 0 unspecified atom stereocenters. The van der Waals surface area contributed by atoms with Gasteiger partial charge in [-0.2, -0.15) is 0 Å². The van der Waals surface area contributed by atoms with Crippen molar-refractivity contribution in [2.24, 2.45) is 10.7 Å². The second kappa shape index (κ2) is 8.17. The van der Waals surface area contributed by atoms with Gasteiger partial charge in [-0.15, -0.1) is 24.0 Å². The van der Waals surface area contributed by atoms with Crippen LogP contribution < -0.4 is 11.1 Å². The van der Waals surface area contributed by atoms with Crippen LogP contribution in [-0.4, -0.2) is 5.96 Å². The van der Waals surface area contributed by atoms with Gasteiger partial charge in [0.15, 0.2) is 5.96 Å². The van der Waals surface area contributed by atoms with Gasteiger partial charge < -0.3 is 11.1 Å². The first-order valence-electron chi connectivity index (χ1n) is 7.16. The molecule has 0 radical (unpaired) electrons. The molecular weight excluding hydrogens is 385 g/mol. The van der Waals surface area contributed by atoms with Gasteiger partial charge in [-0.3, -0.25) is 0 Å². The van der Waals surface area contributed by atoms with E-state index in [0.717, 1.165) is 11.3 Å². The number of guanidine groups is 1. The van der Waals surface area contributed by atoms with E-state index in [1.54, 1.807) is 0 Å². The lowest BCUT2D eigenvalue weighted by atomic mass is 9.87. The zero-order chi connectivity index (χ0) is 15.3. The molecule has 2 rings (SSSR count). The van der Waals surface area contributed by atoms with Crippen molar-refractivity contribution in [2.45, 2.75) is 32.7 Å². The highest BCUT2D eigenvalue weighted by Crippen LogP contribution is 2.22. The van der Waals surface area contributed by atoms with Crippen LogP contribution in [0.5, 0.6) is 0 Å². The number of para-hydroxylation sites is 1. The molecule has 4 heteroatoms. The number of benzene rings is 2. The third-order valence-corrected chi connectivity index (χ3v) is 3.30. The summed E-state index contributed by atoms with van der Waals surface area (Å²) in [6.07, 6.45) is 0. The van der Waals surface area contributed by atoms with Crippen molar-refractivity contribution in [2.75, 3.05) is 5.32 Å². The summed E-state index contributed by atoms with van der Waals surface area (Å²) in [6, 6.07) is 18.3. The van der Waals surface area contributed by atoms with E-state index in [0.29, 0.717) is 12.5 Å². The van der Waals surface area contributed by atoms with Crippen LogP contribution in [0.4, 0.5) is 5.69 Å². The zero-order valence-electron chi connectivity index (χ0n) is 13.3. The second-order valence-corrected chi connectivity index (χ2v) is 6.14. The van der Waals surface area contributed by atoms with Crippen molar-refractivity contribution in [3.05, 3.63) is 65.7 Å². The molecule has 0 saturated heterocycles. The lowest BCUT2D eigenvalue weighted by molar-refractivity contribution is 0.590. The molecule has 0 aliphatic heterocycles. The van der Waals surface area contributed by atoms with Crippen molar-refractivity contribution in [3.8, 4) is 0 Å². The maximum absolute atomic E-state index is 5.89. The zero-order valence-corrected chi connectivity index (χ0v) is 15.7. The largest absolute Gasteiger partial charge is 0.370 e. The number of rotatable bonds is 3. The highest BCUT2D eigenvalue weighted by atomic mass is 127. The number of nitrogens with two attached hydrogens (primary N) is 1. The summed E-state index contributed by atoms with van der Waals surface area (Å²) in [7, 11) is 0. The van der Waals surface area contributed by atoms with Crippen LogP contribution in [-0.2, 0) is 12.0 Å². The fourth-order valence-corrected chi connectivity index (χ4v) is 2.00. The van der Waals surface area contributed by atoms with Gasteiger partial charge in [0.05, 0.1) is 6.54 Å². The Kier molecular flexibility index (Phi) is 6.87. The van der Waals surface area contributed by atoms with Crippen LogP contribution in [0, 0.1) is 0 Å². The molecule has 0 fully saturated rings. The molecule has 2 aromatic rings. The summed E-state index contributed by atoms with van der Waals surface area (Å²) in [5.41, 5.74) is 9.49. The SMILES string of the molecule is CC(C)(C)c1ccc(CN=C(N)Nc2ccccc2)cc1.I. The predicted octanol–water partition coefficient (Wildman–Crippen LogP) is 4.53. The van der Waals surface area contributed by atoms with Crippen LogP contribution in [0.15, 0.2) is 59.6 Å². The average Bonchev–Trinajstić information content (AvgIpc) is 2.46. The standard InChI is InChI=1S/C18H23N3.HI/c1-18(2,3)15-11-9-14(10-12-15)13-20-17(19)21-16-7-5-4-6-8-16;/h4-12H,13H2,1-3H3,(H3,19,20,21);1H. The predicted molar refractivity (Wildman–Crippen MR) is 106 cm³/mol. The molecule has 0 aliphatic carbocycles. The van der Waals surface area contributed by atoms with Gasteiger partial charge in [0.25, 0.3) is 0 Å². The van der Waals surface area contributed by atoms with Gasteiger partial charge in [-0.25, -0.2) is 4.99 Å². The van der Waals surface area contributed by atoms with Gasteiger partial charge in [-0.1, -0.05) is 63.2 Å². The van der Waals surface area contributed by atoms with E-state index in [1.165, 1.54) is 5.56 Å². The Morgan fingerprint density at radius 1 is 1.00 bits per heavy atom. The monoisotopic (exact) mass is 409 g/mol. The summed E-state index contributed by atoms with van der Waals surface area (Å²) in [5.74, 6) is 0.432. The van der Waals surface area contributed by atoms with Crippen molar-refractivity contribution < 1.29 is 0 Å². The van der Waals surface area contributed by atoms with Gasteiger partial charge in [0.1, 0.15) is 0 Å². The van der Waals surface area contributed by atoms with Gasteiger partial charge in [0, 0.05) is 5.69 Å². The molecule has 2 aromatic carbocycles. The maximum Gasteiger partial charge on any atom is 0.193 e. The number of anilines is 1. The summed E-state index contributed by atoms with van der Waals surface area (Å²) in [6.45, 7) is 7.21. The molecule has 0 aliphatic rings. The van der Waals surface area contributed by atoms with Crippen LogP contribution in [0.3, 0.4) is 0 Å². The Bertz CT molecular complexity index is 598. The highest BCUT2D eigenvalue weighted by Gasteiger charge is 2.12. The molecular formula is C18H24IN3. The molecule has 3 nitrogen and oxygen atoms in total. The first-order valence-corrected chi connectivity index (χ1v) is 7.16. The maximum atomic E-state index is 5.89. The fraction of sp³-hybridized carbons (Fsp3) is 0.278. The molecule has 118 valence electrons. The highest BCUT2D eigenvalue weighted by molar-refractivity contribution is 14.0. The third-order valence-electron chi connectivity index (χ3n) is 3.30. The van der Waals surface area contributed by atoms with Crippen LogP contribution in [0.1, 0.15) is 31.9 Å². The van der Waals surface area contributed by atoms with Gasteiger partial charge in [-0.05, 0) is 28.7 Å². The van der Waals surface area contributed by atoms with Gasteiger partial charge in [0.2, 0.25) is 0 Å². The van der Waals surface area contributed by atoms with E-state index in [9.17, 15) is 0 Å². The van der Waals surface area contributed by atoms with Gasteiger partial charge >= 0.3 is 0 Å². The van der Waals surface area contributed by atoms with Crippen molar-refractivity contribution >= 4 is 35.6 Å². The number of nitrogens with zero attached hydrogens (tertiary/aromatic N) is 1. The summed E-state index contributed by atoms with van der Waals surface area (Å²) >= 11 is 0. The number of hydrogen-bond donors (Lipinski definition) is 2. The molecule has 0 atom stereocenters. The minimum atomic E-state index is 0. The first kappa shape index (κ1) is 18.5. The normalized spacial score (nSPS) is 11.7. The molecule has 0 amide bonds. The topological polar surface area (TPSA) is 50.4 Å². The quantitative estimate of drug-likeness (QED) is 0.445. The number of aliphatic imine (C=N–C) groups is 1. The Morgan fingerprint density at radius 2 is 1.59 bits per heavy atom. The lowest BCUT2D eigenvalue weighted by Crippen LogP contribution is -2.22. The second-order valence-electron chi connectivity index (χ2n) is 6.14. The van der Waals surface area contributed by atoms with Crippen LogP contribution in [0.25, 0.3) is 0 Å². The minimum absolute atomic E-state index is 0. The third kappa shape index (κ3) is 5.67. The number of nitrogens with one attached hydrogen (secondary N) is 1. The van der Waals surface area contributed by atoms with Crippen LogP contribution >= 0.6 is 24.0 Å². The molecule has 22 heavy (non-hydrogen) atoms. The smallest absolute Gasteiger partial charge is 0.193 e. The summed E-state index contributed by atoms with van der Waals surface area (Å²) in [5, 5.41) is 3.08. The molecule has 0 spiro atoms. The molecule has 0 bridgehead atoms. The summed E-state index contributed by atoms with van der Waals surface area (Å²) in [4.78, 5) is 4.36. The van der Waals surface area contributed by atoms with E-state index in [4.69, 9.17) is 5.73 Å². The van der Waals surface area contributed by atoms with E-state index >= 15 is 0 Å². The Labute approximate surface area is 150 Å². The Morgan fingerprint density at radius 3 is 2.14 bits per heavy atom. The molecule has 0 saturated carbocycles. The fourth-order valence-electron chi connectivity index (χ4n) is 2.00. The van der Waals surface area contributed by atoms with Crippen molar-refractivity contribution in [1.29, 1.82) is 0 Å². The van der Waals surface area contributed by atoms with E-state index in [-0.39, 0.29) is 29.4 Å². The average molecular weight is 409 g/mol. The van der Waals surface area contributed by atoms with Crippen molar-refractivity contribution in [1.82, 2.24) is 0 Å². The molecule has 0 heterocycles. The lowest BCUT2D eigenvalue weighted by Gasteiger charge is -2.18. The summed E-state index contributed by atoms with van der Waals surface area (Å²) < 4.78 is 0. The molecule has 0 aromatic heterocycles.